The predicted molar refractivity (Wildman–Crippen MR) is 133 cm³/mol. The van der Waals surface area contributed by atoms with Gasteiger partial charge in [-0.15, -0.1) is 0 Å². The van der Waals surface area contributed by atoms with E-state index in [2.05, 4.69) is 16.4 Å². The molecule has 0 atom stereocenters. The number of benzene rings is 2. The van der Waals surface area contributed by atoms with Crippen LogP contribution >= 0.6 is 0 Å². The smallest absolute Gasteiger partial charge is 0.264 e. The summed E-state index contributed by atoms with van der Waals surface area (Å²) in [5, 5.41) is 3.00. The van der Waals surface area contributed by atoms with E-state index in [0.717, 1.165) is 24.8 Å². The number of allylic oxidation sites excluding steroid dienone is 1. The molecule has 0 radical (unpaired) electrons. The first-order valence-corrected chi connectivity index (χ1v) is 13.1. The number of anilines is 1. The van der Waals surface area contributed by atoms with Crippen LogP contribution in [-0.4, -0.2) is 32.4 Å². The van der Waals surface area contributed by atoms with Crippen LogP contribution in [0.5, 0.6) is 0 Å². The van der Waals surface area contributed by atoms with Crippen LogP contribution in [0.25, 0.3) is 10.9 Å². The van der Waals surface area contributed by atoms with Gasteiger partial charge in [0.05, 0.1) is 10.6 Å². The minimum absolute atomic E-state index is 0.0220. The maximum Gasteiger partial charge on any atom is 0.264 e. The first kappa shape index (κ1) is 22.4. The van der Waals surface area contributed by atoms with Gasteiger partial charge in [-0.05, 0) is 68.4 Å². The number of aromatic nitrogens is 1. The van der Waals surface area contributed by atoms with Gasteiger partial charge in [0, 0.05) is 30.2 Å². The number of fused-ring (bicyclic) bond motifs is 2. The fourth-order valence-electron chi connectivity index (χ4n) is 4.78. The first-order valence-electron chi connectivity index (χ1n) is 11.7. The summed E-state index contributed by atoms with van der Waals surface area (Å²) in [6.07, 6.45) is 9.58. The minimum atomic E-state index is -3.85. The summed E-state index contributed by atoms with van der Waals surface area (Å²) < 4.78 is 28.2. The molecule has 2 N–H and O–H groups in total. The van der Waals surface area contributed by atoms with Crippen molar-refractivity contribution in [3.05, 3.63) is 81.7 Å². The van der Waals surface area contributed by atoms with Crippen LogP contribution in [0.2, 0.25) is 0 Å². The quantitative estimate of drug-likeness (QED) is 0.526. The van der Waals surface area contributed by atoms with Crippen LogP contribution in [0.4, 0.5) is 5.69 Å². The Morgan fingerprint density at radius 1 is 1.09 bits per heavy atom. The summed E-state index contributed by atoms with van der Waals surface area (Å²) >= 11 is 0. The molecule has 34 heavy (non-hydrogen) atoms. The number of para-hydroxylation sites is 1. The zero-order valence-electron chi connectivity index (χ0n) is 18.8. The van der Waals surface area contributed by atoms with Crippen LogP contribution in [0.1, 0.15) is 48.0 Å². The summed E-state index contributed by atoms with van der Waals surface area (Å²) in [5.74, 6) is -0.457. The number of amides is 1. The standard InChI is InChI=1S/C26H27N3O4S/c30-25-21-16-20(34(32,33)29-15-13-19-8-4-5-9-24(19)29)10-11-23(21)28-17-22(25)26(31)27-14-12-18-6-2-1-3-7-18/h4-6,8-11,16-17H,1-3,7,12-15H2,(H,27,31)(H,28,30). The molecule has 0 saturated carbocycles. The van der Waals surface area contributed by atoms with Crippen molar-refractivity contribution in [3.8, 4) is 0 Å². The number of sulfonamides is 1. The Balaban J connectivity index is 1.41. The van der Waals surface area contributed by atoms with E-state index >= 15 is 0 Å². The molecule has 1 aromatic heterocycles. The minimum Gasteiger partial charge on any atom is -0.360 e. The van der Waals surface area contributed by atoms with E-state index < -0.39 is 21.4 Å². The normalized spacial score (nSPS) is 15.8. The molecule has 0 bridgehead atoms. The molecule has 2 aromatic carbocycles. The van der Waals surface area contributed by atoms with Crippen molar-refractivity contribution in [1.82, 2.24) is 10.3 Å². The molecule has 0 spiro atoms. The van der Waals surface area contributed by atoms with Crippen LogP contribution in [-0.2, 0) is 16.4 Å². The number of H-pyrrole nitrogens is 1. The maximum absolute atomic E-state index is 13.4. The number of hydrogen-bond donors (Lipinski definition) is 2. The van der Waals surface area contributed by atoms with E-state index in [1.165, 1.54) is 41.0 Å². The molecule has 176 valence electrons. The van der Waals surface area contributed by atoms with Gasteiger partial charge >= 0.3 is 0 Å². The van der Waals surface area contributed by atoms with Gasteiger partial charge in [-0.25, -0.2) is 8.42 Å². The Bertz CT molecular complexity index is 1460. The van der Waals surface area contributed by atoms with Crippen molar-refractivity contribution in [2.24, 2.45) is 0 Å². The first-order chi connectivity index (χ1) is 16.4. The summed E-state index contributed by atoms with van der Waals surface area (Å²) in [4.78, 5) is 28.8. The second kappa shape index (κ2) is 9.10. The van der Waals surface area contributed by atoms with E-state index in [4.69, 9.17) is 0 Å². The lowest BCUT2D eigenvalue weighted by molar-refractivity contribution is 0.0953. The van der Waals surface area contributed by atoms with E-state index in [0.29, 0.717) is 30.7 Å². The van der Waals surface area contributed by atoms with Gasteiger partial charge in [-0.3, -0.25) is 13.9 Å². The van der Waals surface area contributed by atoms with Gasteiger partial charge in [0.2, 0.25) is 5.43 Å². The number of carbonyl (C=O) groups is 1. The molecule has 0 saturated heterocycles. The number of hydrogen-bond acceptors (Lipinski definition) is 4. The Morgan fingerprint density at radius 2 is 1.94 bits per heavy atom. The third kappa shape index (κ3) is 4.14. The van der Waals surface area contributed by atoms with Crippen molar-refractivity contribution < 1.29 is 13.2 Å². The molecular formula is C26H27N3O4S. The zero-order valence-corrected chi connectivity index (χ0v) is 19.7. The third-order valence-corrected chi connectivity index (χ3v) is 8.46. The van der Waals surface area contributed by atoms with Crippen molar-refractivity contribution in [2.75, 3.05) is 17.4 Å². The monoisotopic (exact) mass is 477 g/mol. The van der Waals surface area contributed by atoms with Gasteiger partial charge in [-0.1, -0.05) is 29.8 Å². The van der Waals surface area contributed by atoms with Crippen molar-refractivity contribution in [2.45, 2.75) is 43.4 Å². The third-order valence-electron chi connectivity index (χ3n) is 6.65. The van der Waals surface area contributed by atoms with Crippen LogP contribution in [0.15, 0.2) is 70.0 Å². The number of nitrogens with one attached hydrogen (secondary N) is 2. The topological polar surface area (TPSA) is 99.3 Å². The molecule has 7 nitrogen and oxygen atoms in total. The van der Waals surface area contributed by atoms with Gasteiger partial charge in [-0.2, -0.15) is 0 Å². The molecule has 1 aliphatic heterocycles. The average molecular weight is 478 g/mol. The lowest BCUT2D eigenvalue weighted by Gasteiger charge is -2.19. The summed E-state index contributed by atoms with van der Waals surface area (Å²) in [6.45, 7) is 0.819. The Hall–Kier alpha value is -3.39. The van der Waals surface area contributed by atoms with Crippen LogP contribution in [0.3, 0.4) is 0 Å². The van der Waals surface area contributed by atoms with Crippen molar-refractivity contribution in [1.29, 1.82) is 0 Å². The lowest BCUT2D eigenvalue weighted by atomic mass is 9.97. The summed E-state index contributed by atoms with van der Waals surface area (Å²) in [6, 6.07) is 11.9. The summed E-state index contributed by atoms with van der Waals surface area (Å²) in [5.41, 5.74) is 2.96. The average Bonchev–Trinajstić information content (AvgIpc) is 3.30. The molecule has 0 fully saturated rings. The maximum atomic E-state index is 13.4. The van der Waals surface area contributed by atoms with Gasteiger partial charge < -0.3 is 10.3 Å². The summed E-state index contributed by atoms with van der Waals surface area (Å²) in [7, 11) is -3.85. The number of carbonyl (C=O) groups excluding carboxylic acids is 1. The van der Waals surface area contributed by atoms with Gasteiger partial charge in [0.15, 0.2) is 0 Å². The van der Waals surface area contributed by atoms with E-state index in [-0.39, 0.29) is 15.8 Å². The molecule has 1 amide bonds. The fraction of sp³-hybridized carbons (Fsp3) is 0.308. The molecule has 2 aliphatic rings. The zero-order chi connectivity index (χ0) is 23.7. The van der Waals surface area contributed by atoms with Crippen molar-refractivity contribution >= 4 is 32.5 Å². The molecule has 3 aromatic rings. The number of nitrogens with zero attached hydrogens (tertiary/aromatic N) is 1. The molecule has 1 aliphatic carbocycles. The Labute approximate surface area is 198 Å². The SMILES string of the molecule is O=C(NCCC1=CCCCC1)c1c[nH]c2ccc(S(=O)(=O)N3CCc4ccccc43)cc2c1=O. The number of pyridine rings is 1. The second-order valence-corrected chi connectivity index (χ2v) is 10.7. The Morgan fingerprint density at radius 3 is 2.76 bits per heavy atom. The molecular weight excluding hydrogens is 450 g/mol. The fourth-order valence-corrected chi connectivity index (χ4v) is 6.31. The molecule has 2 heterocycles. The highest BCUT2D eigenvalue weighted by atomic mass is 32.2. The van der Waals surface area contributed by atoms with Gasteiger partial charge in [0.25, 0.3) is 15.9 Å². The Kier molecular flexibility index (Phi) is 6.00. The predicted octanol–water partition coefficient (Wildman–Crippen LogP) is 3.90. The highest BCUT2D eigenvalue weighted by Crippen LogP contribution is 2.33. The van der Waals surface area contributed by atoms with E-state index in [1.807, 2.05) is 18.2 Å². The number of rotatable bonds is 6. The van der Waals surface area contributed by atoms with Crippen LogP contribution in [0, 0.1) is 0 Å². The number of aromatic amines is 1. The largest absolute Gasteiger partial charge is 0.360 e. The van der Waals surface area contributed by atoms with Crippen LogP contribution < -0.4 is 15.1 Å². The lowest BCUT2D eigenvalue weighted by Crippen LogP contribution is -2.30. The highest BCUT2D eigenvalue weighted by molar-refractivity contribution is 7.92. The van der Waals surface area contributed by atoms with Crippen molar-refractivity contribution in [3.63, 3.8) is 0 Å². The van der Waals surface area contributed by atoms with E-state index in [1.54, 1.807) is 12.1 Å². The molecule has 8 heteroatoms. The molecule has 0 unspecified atom stereocenters. The molecule has 5 rings (SSSR count). The second-order valence-electron chi connectivity index (χ2n) is 8.81. The highest BCUT2D eigenvalue weighted by Gasteiger charge is 2.31. The van der Waals surface area contributed by atoms with E-state index in [9.17, 15) is 18.0 Å². The van der Waals surface area contributed by atoms with Gasteiger partial charge in [0.1, 0.15) is 5.56 Å².